The molecule has 0 saturated carbocycles. The van der Waals surface area contributed by atoms with Gasteiger partial charge in [0.15, 0.2) is 0 Å². The lowest BCUT2D eigenvalue weighted by Gasteiger charge is -1.97. The number of anilines is 1. The van der Waals surface area contributed by atoms with Crippen LogP contribution in [0.3, 0.4) is 0 Å². The second kappa shape index (κ2) is 3.38. The zero-order valence-corrected chi connectivity index (χ0v) is 8.64. The Hall–Kier alpha value is -2.29. The maximum Gasteiger partial charge on any atom is 0.123 e. The van der Waals surface area contributed by atoms with Gasteiger partial charge < -0.3 is 10.7 Å². The number of H-pyrrole nitrogens is 1. The average molecular weight is 209 g/mol. The zero-order chi connectivity index (χ0) is 11.0. The van der Waals surface area contributed by atoms with Gasteiger partial charge in [-0.15, -0.1) is 0 Å². The van der Waals surface area contributed by atoms with Gasteiger partial charge in [-0.1, -0.05) is 18.2 Å². The molecule has 0 bridgehead atoms. The first-order chi connectivity index (χ1) is 7.83. The molecule has 2 aromatic heterocycles. The van der Waals surface area contributed by atoms with Crippen LogP contribution < -0.4 is 5.73 Å². The van der Waals surface area contributed by atoms with Crippen molar-refractivity contribution in [2.75, 3.05) is 5.73 Å². The van der Waals surface area contributed by atoms with Crippen molar-refractivity contribution in [1.29, 1.82) is 0 Å². The van der Waals surface area contributed by atoms with Crippen LogP contribution in [-0.4, -0.2) is 9.97 Å². The third kappa shape index (κ3) is 1.42. The molecule has 3 nitrogen and oxygen atoms in total. The molecular weight excluding hydrogens is 198 g/mol. The van der Waals surface area contributed by atoms with E-state index in [4.69, 9.17) is 5.73 Å². The number of pyridine rings is 1. The second-order valence-corrected chi connectivity index (χ2v) is 3.74. The largest absolute Gasteiger partial charge is 0.384 e. The Morgan fingerprint density at radius 1 is 1.06 bits per heavy atom. The highest BCUT2D eigenvalue weighted by atomic mass is 14.8. The minimum Gasteiger partial charge on any atom is -0.384 e. The van der Waals surface area contributed by atoms with Crippen LogP contribution >= 0.6 is 0 Å². The van der Waals surface area contributed by atoms with Crippen LogP contribution in [0.5, 0.6) is 0 Å². The molecule has 3 heteroatoms. The molecule has 0 fully saturated rings. The molecular formula is C13H11N3. The van der Waals surface area contributed by atoms with Gasteiger partial charge in [0, 0.05) is 28.4 Å². The summed E-state index contributed by atoms with van der Waals surface area (Å²) < 4.78 is 0. The number of hydrogen-bond acceptors (Lipinski definition) is 2. The van der Waals surface area contributed by atoms with Gasteiger partial charge in [-0.25, -0.2) is 4.98 Å². The van der Waals surface area contributed by atoms with Crippen LogP contribution in [0.1, 0.15) is 0 Å². The molecule has 1 aromatic carbocycles. The summed E-state index contributed by atoms with van der Waals surface area (Å²) >= 11 is 0. The van der Waals surface area contributed by atoms with E-state index in [0.717, 1.165) is 16.8 Å². The molecule has 78 valence electrons. The van der Waals surface area contributed by atoms with Crippen molar-refractivity contribution in [3.63, 3.8) is 0 Å². The van der Waals surface area contributed by atoms with Crippen LogP contribution in [0, 0.1) is 0 Å². The van der Waals surface area contributed by atoms with E-state index in [1.165, 1.54) is 5.39 Å². The number of nitrogens with zero attached hydrogens (tertiary/aromatic N) is 1. The van der Waals surface area contributed by atoms with E-state index in [-0.39, 0.29) is 0 Å². The monoisotopic (exact) mass is 209 g/mol. The predicted octanol–water partition coefficient (Wildman–Crippen LogP) is 2.81. The Morgan fingerprint density at radius 2 is 1.94 bits per heavy atom. The molecule has 0 unspecified atom stereocenters. The minimum atomic E-state index is 0.542. The number of nitrogen functional groups attached to an aromatic ring is 1. The maximum atomic E-state index is 5.56. The standard InChI is InChI=1S/C13H11N3/c14-13-6-5-10(8-15-13)12-7-9-3-1-2-4-11(9)16-12/h1-8,16H,(H2,14,15). The maximum absolute atomic E-state index is 5.56. The first kappa shape index (κ1) is 8.97. The van der Waals surface area contributed by atoms with Crippen LogP contribution in [0.25, 0.3) is 22.2 Å². The third-order valence-corrected chi connectivity index (χ3v) is 2.63. The summed E-state index contributed by atoms with van der Waals surface area (Å²) in [5.74, 6) is 0.542. The van der Waals surface area contributed by atoms with E-state index in [9.17, 15) is 0 Å². The fourth-order valence-electron chi connectivity index (χ4n) is 1.79. The first-order valence-electron chi connectivity index (χ1n) is 5.12. The van der Waals surface area contributed by atoms with Crippen molar-refractivity contribution < 1.29 is 0 Å². The summed E-state index contributed by atoms with van der Waals surface area (Å²) in [6.07, 6.45) is 1.78. The predicted molar refractivity (Wildman–Crippen MR) is 65.9 cm³/mol. The van der Waals surface area contributed by atoms with Gasteiger partial charge in [0.25, 0.3) is 0 Å². The number of aromatic nitrogens is 2. The molecule has 0 atom stereocenters. The van der Waals surface area contributed by atoms with Gasteiger partial charge in [0.1, 0.15) is 5.82 Å². The smallest absolute Gasteiger partial charge is 0.123 e. The molecule has 0 aliphatic carbocycles. The first-order valence-corrected chi connectivity index (χ1v) is 5.12. The highest BCUT2D eigenvalue weighted by Crippen LogP contribution is 2.23. The summed E-state index contributed by atoms with van der Waals surface area (Å²) in [6.45, 7) is 0. The molecule has 0 saturated heterocycles. The summed E-state index contributed by atoms with van der Waals surface area (Å²) in [4.78, 5) is 7.43. The summed E-state index contributed by atoms with van der Waals surface area (Å²) in [5, 5.41) is 1.20. The number of para-hydroxylation sites is 1. The van der Waals surface area contributed by atoms with E-state index in [0.29, 0.717) is 5.82 Å². The summed E-state index contributed by atoms with van der Waals surface area (Å²) in [7, 11) is 0. The molecule has 0 radical (unpaired) electrons. The normalized spacial score (nSPS) is 10.8. The number of nitrogens with two attached hydrogens (primary N) is 1. The van der Waals surface area contributed by atoms with Crippen LogP contribution in [0.4, 0.5) is 5.82 Å². The Kier molecular flexibility index (Phi) is 1.90. The summed E-state index contributed by atoms with van der Waals surface area (Å²) in [5.41, 5.74) is 8.80. The van der Waals surface area contributed by atoms with Crippen LogP contribution in [-0.2, 0) is 0 Å². The van der Waals surface area contributed by atoms with Crippen LogP contribution in [0.2, 0.25) is 0 Å². The number of nitrogens with one attached hydrogen (secondary N) is 1. The van der Waals surface area contributed by atoms with Crippen LogP contribution in [0.15, 0.2) is 48.7 Å². The molecule has 3 N–H and O–H groups in total. The van der Waals surface area contributed by atoms with Crippen molar-refractivity contribution in [3.8, 4) is 11.3 Å². The van der Waals surface area contributed by atoms with E-state index < -0.39 is 0 Å². The number of rotatable bonds is 1. The SMILES string of the molecule is Nc1ccc(-c2cc3ccccc3[nH]2)cn1. The van der Waals surface area contributed by atoms with E-state index in [1.54, 1.807) is 12.3 Å². The van der Waals surface area contributed by atoms with Gasteiger partial charge >= 0.3 is 0 Å². The quantitative estimate of drug-likeness (QED) is 0.647. The minimum absolute atomic E-state index is 0.542. The molecule has 0 aliphatic rings. The van der Waals surface area contributed by atoms with E-state index in [1.807, 2.05) is 18.2 Å². The van der Waals surface area contributed by atoms with Gasteiger partial charge in [0.2, 0.25) is 0 Å². The van der Waals surface area contributed by atoms with Crippen molar-refractivity contribution in [1.82, 2.24) is 9.97 Å². The van der Waals surface area contributed by atoms with Crippen molar-refractivity contribution in [2.24, 2.45) is 0 Å². The topological polar surface area (TPSA) is 54.7 Å². The second-order valence-electron chi connectivity index (χ2n) is 3.74. The van der Waals surface area contributed by atoms with Gasteiger partial charge in [0.05, 0.1) is 0 Å². The van der Waals surface area contributed by atoms with Gasteiger partial charge in [-0.2, -0.15) is 0 Å². The molecule has 3 aromatic rings. The zero-order valence-electron chi connectivity index (χ0n) is 8.64. The van der Waals surface area contributed by atoms with Gasteiger partial charge in [-0.05, 0) is 24.3 Å². The lowest BCUT2D eigenvalue weighted by atomic mass is 10.2. The average Bonchev–Trinajstić information content (AvgIpc) is 2.73. The molecule has 2 heterocycles. The van der Waals surface area contributed by atoms with Crippen molar-refractivity contribution in [3.05, 3.63) is 48.7 Å². The fraction of sp³-hybridized carbons (Fsp3) is 0. The number of aromatic amines is 1. The molecule has 0 aliphatic heterocycles. The van der Waals surface area contributed by atoms with Gasteiger partial charge in [-0.3, -0.25) is 0 Å². The number of benzene rings is 1. The van der Waals surface area contributed by atoms with E-state index in [2.05, 4.69) is 28.2 Å². The number of fused-ring (bicyclic) bond motifs is 1. The van der Waals surface area contributed by atoms with E-state index >= 15 is 0 Å². The molecule has 16 heavy (non-hydrogen) atoms. The molecule has 0 amide bonds. The number of hydrogen-bond donors (Lipinski definition) is 2. The Balaban J connectivity index is 2.15. The molecule has 0 spiro atoms. The van der Waals surface area contributed by atoms with Crippen molar-refractivity contribution in [2.45, 2.75) is 0 Å². The Labute approximate surface area is 92.9 Å². The third-order valence-electron chi connectivity index (χ3n) is 2.63. The Bertz CT molecular complexity index is 590. The lowest BCUT2D eigenvalue weighted by molar-refractivity contribution is 1.32. The van der Waals surface area contributed by atoms with Crippen molar-refractivity contribution >= 4 is 16.7 Å². The lowest BCUT2D eigenvalue weighted by Crippen LogP contribution is -1.88. The fourth-order valence-corrected chi connectivity index (χ4v) is 1.79. The molecule has 3 rings (SSSR count). The summed E-state index contributed by atoms with van der Waals surface area (Å²) in [6, 6.07) is 14.1. The highest BCUT2D eigenvalue weighted by molar-refractivity contribution is 5.85. The highest BCUT2D eigenvalue weighted by Gasteiger charge is 2.02. The Morgan fingerprint density at radius 3 is 2.69 bits per heavy atom.